The predicted molar refractivity (Wildman–Crippen MR) is 138 cm³/mol. The smallest absolute Gasteiger partial charge is 0.347 e. The van der Waals surface area contributed by atoms with Crippen LogP contribution in [0.5, 0.6) is 0 Å². The second kappa shape index (κ2) is 10.6. The van der Waals surface area contributed by atoms with Gasteiger partial charge >= 0.3 is 15.5 Å². The number of carbonyl (C=O) groups is 1. The maximum absolute atomic E-state index is 15.1. The van der Waals surface area contributed by atoms with Gasteiger partial charge in [-0.2, -0.15) is 26.7 Å². The van der Waals surface area contributed by atoms with Crippen LogP contribution in [-0.4, -0.2) is 52.4 Å². The zero-order valence-corrected chi connectivity index (χ0v) is 22.7. The van der Waals surface area contributed by atoms with Crippen LogP contribution < -0.4 is 10.3 Å². The second-order valence-electron chi connectivity index (χ2n) is 9.06. The number of hydrogen-bond acceptors (Lipinski definition) is 6. The summed E-state index contributed by atoms with van der Waals surface area (Å²) in [4.78, 5) is 17.4. The summed E-state index contributed by atoms with van der Waals surface area (Å²) < 4.78 is 80.3. The van der Waals surface area contributed by atoms with Crippen LogP contribution in [-0.2, 0) is 23.0 Å². The van der Waals surface area contributed by atoms with E-state index in [9.17, 15) is 26.4 Å². The summed E-state index contributed by atoms with van der Waals surface area (Å²) in [6.45, 7) is 3.97. The average Bonchev–Trinajstić information content (AvgIpc) is 3.24. The van der Waals surface area contributed by atoms with Crippen LogP contribution >= 0.6 is 11.6 Å². The van der Waals surface area contributed by atoms with Crippen LogP contribution in [0.15, 0.2) is 41.6 Å². The Morgan fingerprint density at radius 2 is 1.90 bits per heavy atom. The molecule has 0 bridgehead atoms. The highest BCUT2D eigenvalue weighted by molar-refractivity contribution is 7.90. The zero-order chi connectivity index (χ0) is 28.7. The van der Waals surface area contributed by atoms with Gasteiger partial charge in [-0.1, -0.05) is 38.4 Å². The molecule has 1 aliphatic heterocycles. The molecule has 39 heavy (non-hydrogen) atoms. The summed E-state index contributed by atoms with van der Waals surface area (Å²) in [7, 11) is -5.64. The van der Waals surface area contributed by atoms with Gasteiger partial charge in [0.1, 0.15) is 23.0 Å². The van der Waals surface area contributed by atoms with Crippen molar-refractivity contribution < 1.29 is 30.8 Å². The Morgan fingerprint density at radius 3 is 2.51 bits per heavy atom. The van der Waals surface area contributed by atoms with Crippen molar-refractivity contribution in [2.45, 2.75) is 39.2 Å². The number of hydrazone groups is 1. The number of aryl methyl sites for hydroxylation is 1. The van der Waals surface area contributed by atoms with Crippen LogP contribution in [0.4, 0.5) is 23.2 Å². The lowest BCUT2D eigenvalue weighted by Gasteiger charge is -2.35. The number of benzene rings is 1. The number of nitrogens with one attached hydrogen (secondary N) is 1. The Morgan fingerprint density at radius 1 is 1.18 bits per heavy atom. The molecule has 0 saturated heterocycles. The molecular formula is C24H25ClF4N6O3S. The minimum atomic E-state index is -5.64. The fourth-order valence-electron chi connectivity index (χ4n) is 4.16. The van der Waals surface area contributed by atoms with Gasteiger partial charge in [0.05, 0.1) is 29.5 Å². The number of aromatic nitrogens is 2. The number of imidazole rings is 1. The molecule has 3 aromatic rings. The monoisotopic (exact) mass is 588 g/mol. The lowest BCUT2D eigenvalue weighted by Crippen LogP contribution is -2.52. The van der Waals surface area contributed by atoms with Crippen LogP contribution in [0, 0.1) is 11.7 Å². The molecule has 0 unspecified atom stereocenters. The van der Waals surface area contributed by atoms with Crippen molar-refractivity contribution in [1.29, 1.82) is 0 Å². The number of fused-ring (bicyclic) bond motifs is 1. The van der Waals surface area contributed by atoms with Crippen molar-refractivity contribution in [2.75, 3.05) is 18.1 Å². The number of halogens is 5. The van der Waals surface area contributed by atoms with Crippen LogP contribution in [0.25, 0.3) is 5.65 Å². The fraction of sp³-hybridized carbons (Fsp3) is 0.375. The summed E-state index contributed by atoms with van der Waals surface area (Å²) in [5.74, 6) is -2.21. The largest absolute Gasteiger partial charge is 0.516 e. The van der Waals surface area contributed by atoms with E-state index < -0.39 is 39.7 Å². The van der Waals surface area contributed by atoms with E-state index in [1.54, 1.807) is 22.7 Å². The summed E-state index contributed by atoms with van der Waals surface area (Å²) >= 11 is 6.08. The van der Waals surface area contributed by atoms with Crippen molar-refractivity contribution >= 4 is 44.7 Å². The standard InChI is InChI=1S/C24H25ClF4N6O3S/c1-4-18-21(33-13-16(25)6-8-20(33)31-18)23(36)30-12-15-5-7-19(17(26)11-15)34-9-10-35(22(32-34)14(2)3)39(37,38)24(27,28)29/h5-8,11,13-14H,4,9-10,12H2,1-3H3,(H,30,36). The highest BCUT2D eigenvalue weighted by atomic mass is 35.5. The molecule has 4 rings (SSSR count). The molecule has 3 heterocycles. The highest BCUT2D eigenvalue weighted by Gasteiger charge is 2.52. The first-order valence-electron chi connectivity index (χ1n) is 11.9. The minimum absolute atomic E-state index is 0.0227. The topological polar surface area (TPSA) is 99.4 Å². The van der Waals surface area contributed by atoms with Crippen LogP contribution in [0.3, 0.4) is 0 Å². The highest BCUT2D eigenvalue weighted by Crippen LogP contribution is 2.31. The Labute approximate surface area is 227 Å². The van der Waals surface area contributed by atoms with Gasteiger partial charge in [-0.15, -0.1) is 0 Å². The van der Waals surface area contributed by atoms with Gasteiger partial charge in [0.2, 0.25) is 0 Å². The third kappa shape index (κ3) is 5.53. The Balaban J connectivity index is 1.54. The molecule has 0 atom stereocenters. The third-order valence-electron chi connectivity index (χ3n) is 6.04. The molecule has 2 aromatic heterocycles. The van der Waals surface area contributed by atoms with Gasteiger partial charge in [-0.25, -0.2) is 13.7 Å². The van der Waals surface area contributed by atoms with E-state index in [0.717, 1.165) is 5.01 Å². The average molecular weight is 589 g/mol. The first-order chi connectivity index (χ1) is 18.2. The number of rotatable bonds is 7. The molecular weight excluding hydrogens is 564 g/mol. The first kappa shape index (κ1) is 28.6. The Kier molecular flexibility index (Phi) is 7.81. The Hall–Kier alpha value is -3.39. The molecule has 1 N–H and O–H groups in total. The summed E-state index contributed by atoms with van der Waals surface area (Å²) in [6.07, 6.45) is 2.08. The summed E-state index contributed by atoms with van der Waals surface area (Å²) in [5.41, 5.74) is -3.68. The summed E-state index contributed by atoms with van der Waals surface area (Å²) in [6, 6.07) is 7.44. The van der Waals surface area contributed by atoms with Crippen molar-refractivity contribution in [3.8, 4) is 0 Å². The lowest BCUT2D eigenvalue weighted by molar-refractivity contribution is -0.0473. The van der Waals surface area contributed by atoms with Crippen LogP contribution in [0.1, 0.15) is 42.5 Å². The van der Waals surface area contributed by atoms with Gasteiger partial charge in [-0.05, 0) is 36.2 Å². The molecule has 1 aliphatic rings. The SMILES string of the molecule is CCc1nc2ccc(Cl)cn2c1C(=O)NCc1ccc(N2CCN(S(=O)(=O)C(F)(F)F)C(C(C)C)=N2)c(F)c1. The number of sulfonamides is 1. The molecule has 0 spiro atoms. The number of alkyl halides is 3. The van der Waals surface area contributed by atoms with E-state index in [1.165, 1.54) is 32.0 Å². The fourth-order valence-corrected chi connectivity index (χ4v) is 5.39. The number of pyridine rings is 1. The predicted octanol–water partition coefficient (Wildman–Crippen LogP) is 4.56. The van der Waals surface area contributed by atoms with Gasteiger partial charge < -0.3 is 5.32 Å². The van der Waals surface area contributed by atoms with Gasteiger partial charge in [0, 0.05) is 18.7 Å². The van der Waals surface area contributed by atoms with Gasteiger partial charge in [0.25, 0.3) is 5.91 Å². The van der Waals surface area contributed by atoms with Crippen molar-refractivity contribution in [2.24, 2.45) is 11.0 Å². The first-order valence-corrected chi connectivity index (χ1v) is 13.7. The molecule has 0 saturated carbocycles. The van der Waals surface area contributed by atoms with Gasteiger partial charge in [-0.3, -0.25) is 14.2 Å². The number of amidine groups is 1. The quantitative estimate of drug-likeness (QED) is 0.408. The number of carbonyl (C=O) groups excluding carboxylic acids is 1. The molecule has 0 fully saturated rings. The second-order valence-corrected chi connectivity index (χ2v) is 11.4. The van der Waals surface area contributed by atoms with Crippen molar-refractivity contribution in [3.63, 3.8) is 0 Å². The number of hydrogen-bond donors (Lipinski definition) is 1. The summed E-state index contributed by atoms with van der Waals surface area (Å²) in [5, 5.41) is 8.33. The van der Waals surface area contributed by atoms with Gasteiger partial charge in [0.15, 0.2) is 0 Å². The molecule has 0 aliphatic carbocycles. The van der Waals surface area contributed by atoms with Crippen molar-refractivity contribution in [1.82, 2.24) is 19.0 Å². The molecule has 0 radical (unpaired) electrons. The van der Waals surface area contributed by atoms with E-state index in [4.69, 9.17) is 11.6 Å². The lowest BCUT2D eigenvalue weighted by atomic mass is 10.1. The van der Waals surface area contributed by atoms with E-state index in [-0.39, 0.29) is 28.9 Å². The number of anilines is 1. The minimum Gasteiger partial charge on any atom is -0.347 e. The third-order valence-corrected chi connectivity index (χ3v) is 7.80. The van der Waals surface area contributed by atoms with Crippen LogP contribution in [0.2, 0.25) is 5.02 Å². The molecule has 1 amide bonds. The van der Waals surface area contributed by atoms with E-state index in [1.807, 2.05) is 6.92 Å². The maximum atomic E-state index is 15.1. The van der Waals surface area contributed by atoms with E-state index in [0.29, 0.717) is 34.0 Å². The molecule has 1 aromatic carbocycles. The molecule has 210 valence electrons. The number of amides is 1. The van der Waals surface area contributed by atoms with E-state index >= 15 is 4.39 Å². The normalized spacial score (nSPS) is 14.7. The Bertz CT molecular complexity index is 1560. The zero-order valence-electron chi connectivity index (χ0n) is 21.1. The van der Waals surface area contributed by atoms with E-state index in [2.05, 4.69) is 15.4 Å². The maximum Gasteiger partial charge on any atom is 0.516 e. The molecule has 9 nitrogen and oxygen atoms in total. The van der Waals surface area contributed by atoms with Crippen molar-refractivity contribution in [3.05, 3.63) is 64.3 Å². The molecule has 15 heteroatoms. The number of nitrogens with zero attached hydrogens (tertiary/aromatic N) is 5.